The summed E-state index contributed by atoms with van der Waals surface area (Å²) in [4.78, 5) is 32.8. The zero-order valence-corrected chi connectivity index (χ0v) is 35.9. The van der Waals surface area contributed by atoms with Crippen LogP contribution in [0.2, 0.25) is 0 Å². The highest BCUT2D eigenvalue weighted by Crippen LogP contribution is 2.42. The summed E-state index contributed by atoms with van der Waals surface area (Å²) in [5.41, 5.74) is 14.0. The van der Waals surface area contributed by atoms with Crippen molar-refractivity contribution in [3.8, 4) is 0 Å². The largest absolute Gasteiger partial charge is 0.392 e. The number of aromatic nitrogens is 4. The third-order valence-electron chi connectivity index (χ3n) is 11.3. The fourth-order valence-electron chi connectivity index (χ4n) is 7.57. The monoisotopic (exact) mass is 803 g/mol. The van der Waals surface area contributed by atoms with Gasteiger partial charge in [0.25, 0.3) is 0 Å². The molecule has 0 radical (unpaired) electrons. The van der Waals surface area contributed by atoms with E-state index in [2.05, 4.69) is 68.9 Å². The van der Waals surface area contributed by atoms with Crippen molar-refractivity contribution in [3.05, 3.63) is 69.3 Å². The number of carbonyl (C=O) groups excluding carboxylic acids is 1. The van der Waals surface area contributed by atoms with Crippen LogP contribution in [0.5, 0.6) is 0 Å². The van der Waals surface area contributed by atoms with Crippen molar-refractivity contribution in [3.63, 3.8) is 0 Å². The van der Waals surface area contributed by atoms with E-state index in [0.29, 0.717) is 92.1 Å². The van der Waals surface area contributed by atoms with E-state index < -0.39 is 0 Å². The van der Waals surface area contributed by atoms with Gasteiger partial charge in [-0.1, -0.05) is 13.8 Å². The predicted molar refractivity (Wildman–Crippen MR) is 228 cm³/mol. The minimum Gasteiger partial charge on any atom is -0.392 e. The Kier molecular flexibility index (Phi) is 17.5. The molecule has 0 aromatic carbocycles. The molecule has 13 heteroatoms. The number of methoxy groups -OCH3 is 1. The molecule has 3 N–H and O–H groups in total. The molecule has 0 unspecified atom stereocenters. The molecule has 0 saturated carbocycles. The molecule has 318 valence electrons. The van der Waals surface area contributed by atoms with Gasteiger partial charge in [-0.2, -0.15) is 0 Å². The van der Waals surface area contributed by atoms with E-state index in [1.54, 1.807) is 12.0 Å². The van der Waals surface area contributed by atoms with Crippen LogP contribution in [0.1, 0.15) is 96.9 Å². The number of H-pyrrole nitrogens is 2. The number of hydrogen-bond donors (Lipinski definition) is 3. The van der Waals surface area contributed by atoms with Crippen LogP contribution in [0.25, 0.3) is 33.2 Å². The topological polar surface area (TPSA) is 153 Å². The molecule has 2 atom stereocenters. The number of hydrogen-bond acceptors (Lipinski definition) is 10. The predicted octanol–water partition coefficient (Wildman–Crippen LogP) is 6.93. The van der Waals surface area contributed by atoms with Gasteiger partial charge in [-0.05, 0) is 92.6 Å². The fourth-order valence-corrected chi connectivity index (χ4v) is 7.57. The van der Waals surface area contributed by atoms with E-state index in [0.717, 1.165) is 79.1 Å². The Balaban J connectivity index is 1.19. The number of allylic oxidation sites excluding steroid dienone is 2. The molecule has 0 aliphatic carbocycles. The Morgan fingerprint density at radius 3 is 1.91 bits per heavy atom. The number of rotatable bonds is 23. The van der Waals surface area contributed by atoms with Crippen LogP contribution < -0.4 is 0 Å². The van der Waals surface area contributed by atoms with Crippen molar-refractivity contribution >= 4 is 39.1 Å². The van der Waals surface area contributed by atoms with E-state index in [4.69, 9.17) is 38.4 Å². The quantitative estimate of drug-likeness (QED) is 0.0861. The summed E-state index contributed by atoms with van der Waals surface area (Å²) in [6.07, 6.45) is 1.91. The number of amides is 1. The molecule has 5 rings (SSSR count). The van der Waals surface area contributed by atoms with E-state index in [9.17, 15) is 9.90 Å². The van der Waals surface area contributed by atoms with Gasteiger partial charge in [-0.3, -0.25) is 9.78 Å². The smallest absolute Gasteiger partial charge is 0.222 e. The molecule has 0 spiro atoms. The zero-order chi connectivity index (χ0) is 41.6. The fraction of sp³-hybridized carbons (Fsp3) is 0.578. The number of aromatic amines is 2. The van der Waals surface area contributed by atoms with Crippen LogP contribution in [0, 0.1) is 20.8 Å². The lowest BCUT2D eigenvalue weighted by Crippen LogP contribution is -2.30. The van der Waals surface area contributed by atoms with E-state index in [1.807, 2.05) is 14.0 Å². The van der Waals surface area contributed by atoms with Gasteiger partial charge in [0.2, 0.25) is 5.91 Å². The maximum Gasteiger partial charge on any atom is 0.222 e. The van der Waals surface area contributed by atoms with Gasteiger partial charge in [0.05, 0.1) is 90.7 Å². The third-order valence-corrected chi connectivity index (χ3v) is 11.3. The number of nitrogens with one attached hydrogen (secondary N) is 2. The molecular formula is C45H65N5O8. The van der Waals surface area contributed by atoms with Crippen LogP contribution >= 0.6 is 0 Å². The summed E-state index contributed by atoms with van der Waals surface area (Å²) in [7, 11) is 3.48. The Bertz CT molecular complexity index is 2020. The van der Waals surface area contributed by atoms with E-state index in [1.165, 1.54) is 5.57 Å². The van der Waals surface area contributed by atoms with Gasteiger partial charge in [0.15, 0.2) is 0 Å². The van der Waals surface area contributed by atoms with Crippen molar-refractivity contribution in [2.24, 2.45) is 0 Å². The van der Waals surface area contributed by atoms with Crippen LogP contribution in [0.3, 0.4) is 0 Å². The number of ether oxygens (including phenoxy) is 6. The molecule has 1 amide bonds. The normalized spacial score (nSPS) is 15.5. The second kappa shape index (κ2) is 22.4. The molecule has 8 bridgehead atoms. The Labute approximate surface area is 343 Å². The van der Waals surface area contributed by atoms with E-state index >= 15 is 0 Å². The molecule has 58 heavy (non-hydrogen) atoms. The van der Waals surface area contributed by atoms with Crippen molar-refractivity contribution in [1.29, 1.82) is 0 Å². The summed E-state index contributed by atoms with van der Waals surface area (Å²) in [5, 5.41) is 10.5. The van der Waals surface area contributed by atoms with Crippen LogP contribution in [0.4, 0.5) is 0 Å². The first-order valence-electron chi connectivity index (χ1n) is 20.7. The summed E-state index contributed by atoms with van der Waals surface area (Å²) in [6, 6.07) is 8.51. The van der Waals surface area contributed by atoms with Crippen molar-refractivity contribution < 1.29 is 38.3 Å². The average Bonchev–Trinajstić information content (AvgIpc) is 3.92. The van der Waals surface area contributed by atoms with Gasteiger partial charge in [0, 0.05) is 78.0 Å². The number of nitrogens with zero attached hydrogens (tertiary/aromatic N) is 3. The Hall–Kier alpha value is -3.95. The maximum absolute atomic E-state index is 13.4. The number of aliphatic hydroxyl groups is 1. The number of fused-ring (bicyclic) bond motifs is 8. The molecule has 5 heterocycles. The molecule has 3 aromatic rings. The highest BCUT2D eigenvalue weighted by atomic mass is 16.6. The van der Waals surface area contributed by atoms with Gasteiger partial charge in [0.1, 0.15) is 0 Å². The highest BCUT2D eigenvalue weighted by molar-refractivity contribution is 5.92. The lowest BCUT2D eigenvalue weighted by Gasteiger charge is -2.20. The Morgan fingerprint density at radius 1 is 0.741 bits per heavy atom. The third kappa shape index (κ3) is 11.6. The molecule has 0 saturated heterocycles. The van der Waals surface area contributed by atoms with Gasteiger partial charge >= 0.3 is 0 Å². The molecule has 2 aliphatic heterocycles. The molecular weight excluding hydrogens is 739 g/mol. The number of likely N-dealkylation sites (N-methyl/N-ethyl adjacent to an activating group) is 1. The minimum absolute atomic E-state index is 0.0397. The number of aryl methyl sites for hydroxylation is 3. The van der Waals surface area contributed by atoms with Crippen molar-refractivity contribution in [1.82, 2.24) is 24.8 Å². The van der Waals surface area contributed by atoms with Crippen molar-refractivity contribution in [2.75, 3.05) is 93.4 Å². The lowest BCUT2D eigenvalue weighted by atomic mass is 9.86. The standard InChI is InChI=1S/C45H65N5O8/c1-9-34-30(3)40-27-43-36(28-51)32(5)39(48-43)26-41-31(4)35(45(49-41)33(6)38-24-29(2)37(46-38)25-42(34)47-40)10-11-44(52)50(7)12-13-54-16-17-56-20-21-58-23-22-57-19-18-55-15-14-53-8/h24-27,31,35,46,48,51H,9-23,28H2,1-8H3/t31-,35-/m0/s1. The van der Waals surface area contributed by atoms with Gasteiger partial charge in [-0.15, -0.1) is 0 Å². The molecule has 2 aliphatic rings. The van der Waals surface area contributed by atoms with Gasteiger partial charge < -0.3 is 48.4 Å². The highest BCUT2D eigenvalue weighted by Gasteiger charge is 2.31. The summed E-state index contributed by atoms with van der Waals surface area (Å²) in [6.45, 7) is 18.7. The van der Waals surface area contributed by atoms with Crippen LogP contribution in [-0.2, 0) is 39.8 Å². The summed E-state index contributed by atoms with van der Waals surface area (Å²) < 4.78 is 32.6. The molecule has 0 fully saturated rings. The lowest BCUT2D eigenvalue weighted by molar-refractivity contribution is -0.130. The number of carbonyl (C=O) groups is 1. The molecule has 3 aromatic heterocycles. The first-order valence-corrected chi connectivity index (χ1v) is 20.7. The zero-order valence-electron chi connectivity index (χ0n) is 35.9. The summed E-state index contributed by atoms with van der Waals surface area (Å²) in [5.74, 6) is 0.182. The first-order chi connectivity index (χ1) is 28.1. The van der Waals surface area contributed by atoms with Crippen LogP contribution in [-0.4, -0.2) is 129 Å². The van der Waals surface area contributed by atoms with Gasteiger partial charge in [-0.25, -0.2) is 4.98 Å². The second-order valence-electron chi connectivity index (χ2n) is 15.1. The average molecular weight is 804 g/mol. The van der Waals surface area contributed by atoms with Crippen molar-refractivity contribution in [2.45, 2.75) is 79.2 Å². The molecule has 13 nitrogen and oxygen atoms in total. The van der Waals surface area contributed by atoms with E-state index in [-0.39, 0.29) is 24.3 Å². The SMILES string of the molecule is CCC1=C(C)c2cc3[nH]c(cc4nc(c(C)c5cc(C)c(cc1n2)[nH]5)[C@@H](CCC(=O)N(C)CCOCCOCCOCCOCCOCCOC)[C@@H]4C)c(C)c3CO. The first kappa shape index (κ1) is 45.1. The minimum atomic E-state index is -0.0880. The maximum atomic E-state index is 13.4. The van der Waals surface area contributed by atoms with Crippen LogP contribution in [0.15, 0.2) is 24.3 Å². The number of aliphatic hydroxyl groups excluding tert-OH is 1. The summed E-state index contributed by atoms with van der Waals surface area (Å²) >= 11 is 0. The second-order valence-corrected chi connectivity index (χ2v) is 15.1. The Morgan fingerprint density at radius 2 is 1.31 bits per heavy atom.